The molecule has 0 spiro atoms. The van der Waals surface area contributed by atoms with Crippen LogP contribution < -0.4 is 10.6 Å². The SMILES string of the molecule is COC(=O)[C@H](CCCCNC(=O)CBr)NC(=O)OCC1c2ccccc2-c2ccccc21. The predicted octanol–water partition coefficient (Wildman–Crippen LogP) is 3.75. The van der Waals surface area contributed by atoms with Crippen molar-refractivity contribution in [2.24, 2.45) is 0 Å². The molecule has 0 fully saturated rings. The van der Waals surface area contributed by atoms with Crippen LogP contribution in [0.25, 0.3) is 11.1 Å². The number of fused-ring (bicyclic) bond motifs is 3. The van der Waals surface area contributed by atoms with E-state index in [0.29, 0.717) is 25.8 Å². The molecule has 1 aliphatic rings. The summed E-state index contributed by atoms with van der Waals surface area (Å²) in [5, 5.41) is 5.61. The van der Waals surface area contributed by atoms with Crippen LogP contribution in [0, 0.1) is 0 Å². The second-order valence-electron chi connectivity index (χ2n) is 7.52. The smallest absolute Gasteiger partial charge is 0.407 e. The zero-order valence-corrected chi connectivity index (χ0v) is 19.5. The zero-order chi connectivity index (χ0) is 22.9. The van der Waals surface area contributed by atoms with E-state index in [1.165, 1.54) is 7.11 Å². The van der Waals surface area contributed by atoms with Gasteiger partial charge in [0.1, 0.15) is 12.6 Å². The molecule has 0 saturated carbocycles. The predicted molar refractivity (Wildman–Crippen MR) is 125 cm³/mol. The van der Waals surface area contributed by atoms with Crippen LogP contribution in [0.4, 0.5) is 4.79 Å². The van der Waals surface area contributed by atoms with Gasteiger partial charge in [-0.3, -0.25) is 4.79 Å². The fraction of sp³-hybridized carbons (Fsp3) is 0.375. The van der Waals surface area contributed by atoms with Crippen molar-refractivity contribution >= 4 is 33.9 Å². The number of unbranched alkanes of at least 4 members (excludes halogenated alkanes) is 1. The Labute approximate surface area is 196 Å². The first-order valence-electron chi connectivity index (χ1n) is 10.6. The van der Waals surface area contributed by atoms with Crippen LogP contribution in [0.15, 0.2) is 48.5 Å². The molecular weight excluding hydrogens is 476 g/mol. The quantitative estimate of drug-likeness (QED) is 0.293. The minimum Gasteiger partial charge on any atom is -0.467 e. The van der Waals surface area contributed by atoms with Crippen molar-refractivity contribution in [1.29, 1.82) is 0 Å². The Hall–Kier alpha value is -2.87. The molecule has 2 N–H and O–H groups in total. The van der Waals surface area contributed by atoms with Crippen molar-refractivity contribution in [3.63, 3.8) is 0 Å². The normalized spacial score (nSPS) is 12.9. The summed E-state index contributed by atoms with van der Waals surface area (Å²) < 4.78 is 10.3. The van der Waals surface area contributed by atoms with Crippen molar-refractivity contribution in [1.82, 2.24) is 10.6 Å². The average molecular weight is 503 g/mol. The van der Waals surface area contributed by atoms with E-state index in [9.17, 15) is 14.4 Å². The Morgan fingerprint density at radius 1 is 1.00 bits per heavy atom. The molecule has 0 aromatic heterocycles. The van der Waals surface area contributed by atoms with E-state index in [0.717, 1.165) is 22.3 Å². The van der Waals surface area contributed by atoms with E-state index in [-0.39, 0.29) is 23.8 Å². The molecule has 0 bridgehead atoms. The summed E-state index contributed by atoms with van der Waals surface area (Å²) in [6, 6.07) is 15.4. The Kier molecular flexibility index (Phi) is 8.67. The lowest BCUT2D eigenvalue weighted by molar-refractivity contribution is -0.143. The van der Waals surface area contributed by atoms with Gasteiger partial charge >= 0.3 is 12.1 Å². The molecule has 7 nitrogen and oxygen atoms in total. The Balaban J connectivity index is 1.54. The molecule has 2 aromatic rings. The van der Waals surface area contributed by atoms with E-state index < -0.39 is 18.1 Å². The van der Waals surface area contributed by atoms with Crippen LogP contribution in [0.2, 0.25) is 0 Å². The number of carbonyl (C=O) groups excluding carboxylic acids is 3. The minimum atomic E-state index is -0.803. The second-order valence-corrected chi connectivity index (χ2v) is 8.09. The van der Waals surface area contributed by atoms with Crippen molar-refractivity contribution in [3.8, 4) is 11.1 Å². The highest BCUT2D eigenvalue weighted by molar-refractivity contribution is 9.09. The maximum atomic E-state index is 12.5. The third-order valence-electron chi connectivity index (χ3n) is 5.48. The minimum absolute atomic E-state index is 0.0530. The number of rotatable bonds is 10. The Bertz CT molecular complexity index is 919. The molecule has 2 amide bonds. The van der Waals surface area contributed by atoms with Crippen LogP contribution in [-0.4, -0.2) is 49.6 Å². The van der Waals surface area contributed by atoms with Crippen molar-refractivity contribution in [3.05, 3.63) is 59.7 Å². The van der Waals surface area contributed by atoms with E-state index in [1.54, 1.807) is 0 Å². The summed E-state index contributed by atoms with van der Waals surface area (Å²) in [7, 11) is 1.28. The molecule has 0 heterocycles. The molecule has 3 rings (SSSR count). The van der Waals surface area contributed by atoms with Crippen LogP contribution in [-0.2, 0) is 19.1 Å². The van der Waals surface area contributed by atoms with Crippen LogP contribution >= 0.6 is 15.9 Å². The van der Waals surface area contributed by atoms with Crippen molar-refractivity contribution in [2.45, 2.75) is 31.2 Å². The fourth-order valence-corrected chi connectivity index (χ4v) is 4.12. The molecule has 2 aromatic carbocycles. The number of ether oxygens (including phenoxy) is 2. The van der Waals surface area contributed by atoms with Crippen LogP contribution in [0.5, 0.6) is 0 Å². The maximum Gasteiger partial charge on any atom is 0.407 e. The lowest BCUT2D eigenvalue weighted by Gasteiger charge is -2.18. The summed E-state index contributed by atoms with van der Waals surface area (Å²) in [5.41, 5.74) is 4.54. The number of benzene rings is 2. The number of halogens is 1. The molecule has 0 unspecified atom stereocenters. The molecule has 32 heavy (non-hydrogen) atoms. The number of alkyl halides is 1. The van der Waals surface area contributed by atoms with Gasteiger partial charge in [-0.2, -0.15) is 0 Å². The van der Waals surface area contributed by atoms with Gasteiger partial charge in [0.15, 0.2) is 0 Å². The highest BCUT2D eigenvalue weighted by Gasteiger charge is 2.29. The van der Waals surface area contributed by atoms with Gasteiger partial charge in [-0.25, -0.2) is 9.59 Å². The van der Waals surface area contributed by atoms with E-state index in [1.807, 2.05) is 36.4 Å². The van der Waals surface area contributed by atoms with Gasteiger partial charge in [0.2, 0.25) is 5.91 Å². The summed E-state index contributed by atoms with van der Waals surface area (Å²) in [6.45, 7) is 0.676. The number of esters is 1. The van der Waals surface area contributed by atoms with Crippen molar-refractivity contribution in [2.75, 3.05) is 25.6 Å². The fourth-order valence-electron chi connectivity index (χ4n) is 3.92. The molecular formula is C24H27BrN2O5. The Morgan fingerprint density at radius 2 is 1.62 bits per heavy atom. The maximum absolute atomic E-state index is 12.5. The lowest BCUT2D eigenvalue weighted by Crippen LogP contribution is -2.42. The van der Waals surface area contributed by atoms with Gasteiger partial charge in [0.05, 0.1) is 12.4 Å². The summed E-state index contributed by atoms with van der Waals surface area (Å²) in [4.78, 5) is 35.8. The molecule has 0 radical (unpaired) electrons. The number of amides is 2. The third-order valence-corrected chi connectivity index (χ3v) is 5.99. The number of alkyl carbamates (subject to hydrolysis) is 1. The topological polar surface area (TPSA) is 93.7 Å². The lowest BCUT2D eigenvalue weighted by atomic mass is 9.98. The Morgan fingerprint density at radius 3 is 2.22 bits per heavy atom. The molecule has 0 saturated heterocycles. The zero-order valence-electron chi connectivity index (χ0n) is 17.9. The van der Waals surface area contributed by atoms with E-state index in [4.69, 9.17) is 9.47 Å². The number of hydrogen-bond donors (Lipinski definition) is 2. The first kappa shape index (κ1) is 23.8. The standard InChI is InChI=1S/C24H27BrN2O5/c1-31-23(29)21(12-6-7-13-26-22(28)14-25)27-24(30)32-15-20-18-10-4-2-8-16(18)17-9-3-5-11-19(17)20/h2-5,8-11,20-21H,6-7,12-15H2,1H3,(H,26,28)(H,27,30)/t21-/m0/s1. The summed E-state index contributed by atoms with van der Waals surface area (Å²) in [6.07, 6.45) is 1.04. The van der Waals surface area contributed by atoms with Gasteiger partial charge < -0.3 is 20.1 Å². The highest BCUT2D eigenvalue weighted by atomic mass is 79.9. The molecule has 170 valence electrons. The second kappa shape index (κ2) is 11.7. The van der Waals surface area contributed by atoms with Gasteiger partial charge in [-0.05, 0) is 41.5 Å². The van der Waals surface area contributed by atoms with Gasteiger partial charge in [-0.1, -0.05) is 64.5 Å². The van der Waals surface area contributed by atoms with Crippen LogP contribution in [0.1, 0.15) is 36.3 Å². The average Bonchev–Trinajstić information content (AvgIpc) is 3.14. The largest absolute Gasteiger partial charge is 0.467 e. The molecule has 8 heteroatoms. The third kappa shape index (κ3) is 5.88. The molecule has 1 atom stereocenters. The number of hydrogen-bond acceptors (Lipinski definition) is 5. The summed E-state index contributed by atoms with van der Waals surface area (Å²) in [5.74, 6) is -0.669. The monoisotopic (exact) mass is 502 g/mol. The van der Waals surface area contributed by atoms with Gasteiger partial charge in [0.25, 0.3) is 0 Å². The number of methoxy groups -OCH3 is 1. The summed E-state index contributed by atoms with van der Waals surface area (Å²) >= 11 is 3.09. The van der Waals surface area contributed by atoms with E-state index in [2.05, 4.69) is 38.7 Å². The van der Waals surface area contributed by atoms with Gasteiger partial charge in [-0.15, -0.1) is 0 Å². The van der Waals surface area contributed by atoms with E-state index >= 15 is 0 Å². The molecule has 0 aliphatic heterocycles. The van der Waals surface area contributed by atoms with Gasteiger partial charge in [0, 0.05) is 12.5 Å². The molecule has 1 aliphatic carbocycles. The van der Waals surface area contributed by atoms with Crippen molar-refractivity contribution < 1.29 is 23.9 Å². The first-order chi connectivity index (χ1) is 15.5. The van der Waals surface area contributed by atoms with Crippen LogP contribution in [0.3, 0.4) is 0 Å². The highest BCUT2D eigenvalue weighted by Crippen LogP contribution is 2.44. The first-order valence-corrected chi connectivity index (χ1v) is 11.7. The number of carbonyl (C=O) groups is 3. The number of nitrogens with one attached hydrogen (secondary N) is 2.